The lowest BCUT2D eigenvalue weighted by Crippen LogP contribution is -2.04. The van der Waals surface area contributed by atoms with Crippen LogP contribution >= 0.6 is 27.5 Å². The van der Waals surface area contributed by atoms with E-state index in [1.165, 1.54) is 7.11 Å². The lowest BCUT2D eigenvalue weighted by molar-refractivity contribution is 0.214. The zero-order valence-corrected chi connectivity index (χ0v) is 13.1. The normalized spacial score (nSPS) is 12.2. The molecule has 0 aromatic heterocycles. The van der Waals surface area contributed by atoms with Gasteiger partial charge >= 0.3 is 0 Å². The zero-order chi connectivity index (χ0) is 14.7. The van der Waals surface area contributed by atoms with Crippen LogP contribution in [0.1, 0.15) is 22.8 Å². The van der Waals surface area contributed by atoms with E-state index in [1.54, 1.807) is 30.3 Å². The summed E-state index contributed by atoms with van der Waals surface area (Å²) in [6.07, 6.45) is -0.919. The first-order chi connectivity index (χ1) is 9.56. The number of aliphatic hydroxyl groups excluding tert-OH is 2. The van der Waals surface area contributed by atoms with Gasteiger partial charge in [-0.1, -0.05) is 39.7 Å². The molecule has 0 saturated heterocycles. The Morgan fingerprint density at radius 2 is 1.95 bits per heavy atom. The smallest absolute Gasteiger partial charge is 0.125 e. The van der Waals surface area contributed by atoms with E-state index in [0.29, 0.717) is 27.5 Å². The Balaban J connectivity index is 2.48. The predicted octanol–water partition coefficient (Wildman–Crippen LogP) is 3.69. The second kappa shape index (κ2) is 6.59. The summed E-state index contributed by atoms with van der Waals surface area (Å²) in [5.41, 5.74) is 1.86. The minimum absolute atomic E-state index is 0.0994. The number of hydrogen-bond acceptors (Lipinski definition) is 3. The minimum atomic E-state index is -0.919. The highest BCUT2D eigenvalue weighted by atomic mass is 79.9. The van der Waals surface area contributed by atoms with Gasteiger partial charge in [-0.25, -0.2) is 0 Å². The van der Waals surface area contributed by atoms with E-state index in [4.69, 9.17) is 16.3 Å². The minimum Gasteiger partial charge on any atom is -0.496 e. The topological polar surface area (TPSA) is 49.7 Å². The first kappa shape index (κ1) is 15.3. The molecular formula is C15H14BrClO3. The van der Waals surface area contributed by atoms with Crippen LogP contribution in [0.15, 0.2) is 40.9 Å². The van der Waals surface area contributed by atoms with Gasteiger partial charge in [0.05, 0.1) is 13.7 Å². The van der Waals surface area contributed by atoms with Crippen molar-refractivity contribution < 1.29 is 14.9 Å². The molecule has 20 heavy (non-hydrogen) atoms. The van der Waals surface area contributed by atoms with E-state index in [2.05, 4.69) is 15.9 Å². The van der Waals surface area contributed by atoms with Gasteiger partial charge in [0.25, 0.3) is 0 Å². The summed E-state index contributed by atoms with van der Waals surface area (Å²) >= 11 is 9.49. The molecule has 2 aromatic rings. The van der Waals surface area contributed by atoms with E-state index in [-0.39, 0.29) is 6.61 Å². The van der Waals surface area contributed by atoms with E-state index in [0.717, 1.165) is 4.47 Å². The van der Waals surface area contributed by atoms with E-state index in [9.17, 15) is 10.2 Å². The first-order valence-electron chi connectivity index (χ1n) is 5.97. The Kier molecular flexibility index (Phi) is 5.05. The van der Waals surface area contributed by atoms with Crippen molar-refractivity contribution in [2.75, 3.05) is 7.11 Å². The molecule has 5 heteroatoms. The Morgan fingerprint density at radius 1 is 1.20 bits per heavy atom. The van der Waals surface area contributed by atoms with Crippen LogP contribution in [-0.4, -0.2) is 17.3 Å². The molecule has 0 aliphatic rings. The third-order valence-corrected chi connectivity index (χ3v) is 3.85. The molecule has 1 atom stereocenters. The molecule has 0 aliphatic heterocycles. The van der Waals surface area contributed by atoms with Gasteiger partial charge in [-0.2, -0.15) is 0 Å². The quantitative estimate of drug-likeness (QED) is 0.877. The Hall–Kier alpha value is -1.07. The highest BCUT2D eigenvalue weighted by Crippen LogP contribution is 2.35. The van der Waals surface area contributed by atoms with Gasteiger partial charge < -0.3 is 14.9 Å². The summed E-state index contributed by atoms with van der Waals surface area (Å²) in [6, 6.07) is 10.5. The average Bonchev–Trinajstić information content (AvgIpc) is 2.46. The summed E-state index contributed by atoms with van der Waals surface area (Å²) in [4.78, 5) is 0. The summed E-state index contributed by atoms with van der Waals surface area (Å²) in [6.45, 7) is -0.0994. The maximum absolute atomic E-state index is 10.5. The molecule has 0 saturated carbocycles. The second-order valence-electron chi connectivity index (χ2n) is 4.30. The number of benzene rings is 2. The largest absolute Gasteiger partial charge is 0.496 e. The molecule has 1 unspecified atom stereocenters. The van der Waals surface area contributed by atoms with Crippen LogP contribution in [0.25, 0.3) is 0 Å². The first-order valence-corrected chi connectivity index (χ1v) is 7.14. The van der Waals surface area contributed by atoms with Crippen LogP contribution in [-0.2, 0) is 6.61 Å². The monoisotopic (exact) mass is 356 g/mol. The summed E-state index contributed by atoms with van der Waals surface area (Å²) in [7, 11) is 1.54. The van der Waals surface area contributed by atoms with Crippen molar-refractivity contribution in [2.24, 2.45) is 0 Å². The molecular weight excluding hydrogens is 344 g/mol. The van der Waals surface area contributed by atoms with Crippen molar-refractivity contribution in [3.05, 3.63) is 62.6 Å². The van der Waals surface area contributed by atoms with Gasteiger partial charge in [0.15, 0.2) is 0 Å². The van der Waals surface area contributed by atoms with Crippen LogP contribution in [0.3, 0.4) is 0 Å². The van der Waals surface area contributed by atoms with Crippen LogP contribution in [0.5, 0.6) is 5.75 Å². The summed E-state index contributed by atoms with van der Waals surface area (Å²) < 4.78 is 6.10. The van der Waals surface area contributed by atoms with E-state index >= 15 is 0 Å². The molecule has 2 N–H and O–H groups in total. The Morgan fingerprint density at radius 3 is 2.55 bits per heavy atom. The fourth-order valence-electron chi connectivity index (χ4n) is 1.99. The average molecular weight is 358 g/mol. The number of methoxy groups -OCH3 is 1. The summed E-state index contributed by atoms with van der Waals surface area (Å²) in [5.74, 6) is 0.550. The molecule has 0 heterocycles. The van der Waals surface area contributed by atoms with Crippen molar-refractivity contribution in [2.45, 2.75) is 12.7 Å². The third kappa shape index (κ3) is 3.15. The third-order valence-electron chi connectivity index (χ3n) is 3.03. The molecule has 0 aliphatic carbocycles. The Labute approximate surface area is 130 Å². The van der Waals surface area contributed by atoms with Crippen molar-refractivity contribution in [3.63, 3.8) is 0 Å². The number of hydrogen-bond donors (Lipinski definition) is 2. The molecule has 0 spiro atoms. The molecule has 0 fully saturated rings. The Bertz CT molecular complexity index is 616. The SMILES string of the molecule is COc1ccc(CO)cc1C(O)c1ccc(Br)cc1Cl. The fourth-order valence-corrected chi connectivity index (χ4v) is 2.76. The van der Waals surface area contributed by atoms with Crippen molar-refractivity contribution in [3.8, 4) is 5.75 Å². The van der Waals surface area contributed by atoms with Crippen LogP contribution in [0, 0.1) is 0 Å². The van der Waals surface area contributed by atoms with Crippen molar-refractivity contribution in [1.82, 2.24) is 0 Å². The molecule has 0 bridgehead atoms. The number of rotatable bonds is 4. The van der Waals surface area contributed by atoms with Crippen LogP contribution in [0.4, 0.5) is 0 Å². The maximum Gasteiger partial charge on any atom is 0.125 e. The predicted molar refractivity (Wildman–Crippen MR) is 82.1 cm³/mol. The molecule has 2 rings (SSSR count). The standard InChI is InChI=1S/C15H14BrClO3/c1-20-14-5-2-9(8-18)6-12(14)15(19)11-4-3-10(16)7-13(11)17/h2-7,15,18-19H,8H2,1H3. The van der Waals surface area contributed by atoms with Gasteiger partial charge in [0.2, 0.25) is 0 Å². The summed E-state index contributed by atoms with van der Waals surface area (Å²) in [5, 5.41) is 20.2. The van der Waals surface area contributed by atoms with Crippen LogP contribution < -0.4 is 4.74 Å². The second-order valence-corrected chi connectivity index (χ2v) is 5.63. The van der Waals surface area contributed by atoms with E-state index in [1.807, 2.05) is 6.07 Å². The van der Waals surface area contributed by atoms with Gasteiger partial charge in [-0.05, 0) is 29.8 Å². The van der Waals surface area contributed by atoms with Crippen molar-refractivity contribution >= 4 is 27.5 Å². The molecule has 2 aromatic carbocycles. The molecule has 106 valence electrons. The van der Waals surface area contributed by atoms with Crippen molar-refractivity contribution in [1.29, 1.82) is 0 Å². The van der Waals surface area contributed by atoms with Gasteiger partial charge in [0.1, 0.15) is 11.9 Å². The number of aliphatic hydroxyl groups is 2. The molecule has 0 radical (unpaired) electrons. The lowest BCUT2D eigenvalue weighted by atomic mass is 9.98. The highest BCUT2D eigenvalue weighted by Gasteiger charge is 2.18. The molecule has 3 nitrogen and oxygen atoms in total. The van der Waals surface area contributed by atoms with E-state index < -0.39 is 6.10 Å². The van der Waals surface area contributed by atoms with Crippen LogP contribution in [0.2, 0.25) is 5.02 Å². The lowest BCUT2D eigenvalue weighted by Gasteiger charge is -2.17. The molecule has 0 amide bonds. The highest BCUT2D eigenvalue weighted by molar-refractivity contribution is 9.10. The van der Waals surface area contributed by atoms with Gasteiger partial charge in [-0.3, -0.25) is 0 Å². The van der Waals surface area contributed by atoms with Gasteiger partial charge in [0, 0.05) is 20.6 Å². The number of halogens is 2. The maximum atomic E-state index is 10.5. The number of ether oxygens (including phenoxy) is 1. The zero-order valence-electron chi connectivity index (χ0n) is 10.8. The fraction of sp³-hybridized carbons (Fsp3) is 0.200. The van der Waals surface area contributed by atoms with Gasteiger partial charge in [-0.15, -0.1) is 0 Å².